The standard InChI is InChI=1S/C14H14BrN3O4/c1-3-11(13(19)17-12-4-8(2)22-18-12)21-14(20)9-5-10(15)7-16-6-9/h4-7,11H,3H2,1-2H3,(H,17,18,19). The van der Waals surface area contributed by atoms with Gasteiger partial charge in [0.15, 0.2) is 11.9 Å². The quantitative estimate of drug-likeness (QED) is 0.816. The zero-order valence-electron chi connectivity index (χ0n) is 12.0. The van der Waals surface area contributed by atoms with Crippen LogP contribution in [-0.4, -0.2) is 28.1 Å². The Balaban J connectivity index is 2.02. The highest BCUT2D eigenvalue weighted by atomic mass is 79.9. The first-order valence-electron chi connectivity index (χ1n) is 6.55. The number of ether oxygens (including phenoxy) is 1. The lowest BCUT2D eigenvalue weighted by molar-refractivity contribution is -0.124. The van der Waals surface area contributed by atoms with Crippen molar-refractivity contribution in [1.82, 2.24) is 10.1 Å². The molecule has 0 saturated heterocycles. The summed E-state index contributed by atoms with van der Waals surface area (Å²) in [6.45, 7) is 3.45. The van der Waals surface area contributed by atoms with Crippen LogP contribution in [0, 0.1) is 6.92 Å². The summed E-state index contributed by atoms with van der Waals surface area (Å²) in [6.07, 6.45) is 2.32. The molecule has 2 rings (SSSR count). The van der Waals surface area contributed by atoms with Crippen molar-refractivity contribution in [3.8, 4) is 0 Å². The van der Waals surface area contributed by atoms with Crippen LogP contribution in [0.3, 0.4) is 0 Å². The number of aryl methyl sites for hydroxylation is 1. The molecule has 0 aliphatic carbocycles. The third kappa shape index (κ3) is 4.14. The number of aromatic nitrogens is 2. The van der Waals surface area contributed by atoms with Gasteiger partial charge in [0.2, 0.25) is 0 Å². The van der Waals surface area contributed by atoms with E-state index in [2.05, 4.69) is 31.4 Å². The van der Waals surface area contributed by atoms with Gasteiger partial charge in [0.1, 0.15) is 5.76 Å². The highest BCUT2D eigenvalue weighted by Crippen LogP contribution is 2.13. The van der Waals surface area contributed by atoms with E-state index >= 15 is 0 Å². The fraction of sp³-hybridized carbons (Fsp3) is 0.286. The molecule has 2 aromatic rings. The molecule has 7 nitrogen and oxygen atoms in total. The summed E-state index contributed by atoms with van der Waals surface area (Å²) in [5, 5.41) is 6.19. The minimum atomic E-state index is -0.927. The molecule has 0 aliphatic rings. The van der Waals surface area contributed by atoms with Crippen LogP contribution in [0.25, 0.3) is 0 Å². The average molecular weight is 368 g/mol. The van der Waals surface area contributed by atoms with Gasteiger partial charge in [-0.25, -0.2) is 4.79 Å². The minimum Gasteiger partial charge on any atom is -0.449 e. The fourth-order valence-electron chi connectivity index (χ4n) is 1.68. The van der Waals surface area contributed by atoms with Gasteiger partial charge in [0.05, 0.1) is 5.56 Å². The second-order valence-electron chi connectivity index (χ2n) is 4.51. The summed E-state index contributed by atoms with van der Waals surface area (Å²) in [4.78, 5) is 28.0. The number of anilines is 1. The molecular weight excluding hydrogens is 354 g/mol. The molecule has 1 unspecified atom stereocenters. The molecule has 0 spiro atoms. The highest BCUT2D eigenvalue weighted by Gasteiger charge is 2.23. The van der Waals surface area contributed by atoms with Gasteiger partial charge in [-0.3, -0.25) is 9.78 Å². The van der Waals surface area contributed by atoms with Crippen LogP contribution in [0.4, 0.5) is 5.82 Å². The minimum absolute atomic E-state index is 0.262. The monoisotopic (exact) mass is 367 g/mol. The summed E-state index contributed by atoms with van der Waals surface area (Å²) < 4.78 is 10.7. The van der Waals surface area contributed by atoms with E-state index in [1.807, 2.05) is 0 Å². The second kappa shape index (κ2) is 7.17. The van der Waals surface area contributed by atoms with Crippen LogP contribution in [-0.2, 0) is 9.53 Å². The van der Waals surface area contributed by atoms with E-state index in [9.17, 15) is 9.59 Å². The van der Waals surface area contributed by atoms with Crippen molar-refractivity contribution < 1.29 is 18.8 Å². The molecule has 1 atom stereocenters. The normalized spacial score (nSPS) is 11.8. The lowest BCUT2D eigenvalue weighted by Crippen LogP contribution is -2.32. The Bertz CT molecular complexity index is 686. The largest absolute Gasteiger partial charge is 0.449 e. The van der Waals surface area contributed by atoms with Crippen molar-refractivity contribution in [2.24, 2.45) is 0 Å². The molecule has 116 valence electrons. The number of rotatable bonds is 5. The molecular formula is C14H14BrN3O4. The summed E-state index contributed by atoms with van der Waals surface area (Å²) in [5.74, 6) is -0.235. The van der Waals surface area contributed by atoms with E-state index in [0.717, 1.165) is 0 Å². The maximum absolute atomic E-state index is 12.1. The van der Waals surface area contributed by atoms with Crippen molar-refractivity contribution in [3.63, 3.8) is 0 Å². The van der Waals surface area contributed by atoms with E-state index < -0.39 is 18.0 Å². The maximum atomic E-state index is 12.1. The summed E-state index contributed by atoms with van der Waals surface area (Å²) in [7, 11) is 0. The Morgan fingerprint density at radius 1 is 1.41 bits per heavy atom. The first-order chi connectivity index (χ1) is 10.5. The van der Waals surface area contributed by atoms with Crippen molar-refractivity contribution in [2.75, 3.05) is 5.32 Å². The highest BCUT2D eigenvalue weighted by molar-refractivity contribution is 9.10. The van der Waals surface area contributed by atoms with Gasteiger partial charge in [-0.05, 0) is 35.3 Å². The van der Waals surface area contributed by atoms with E-state index in [4.69, 9.17) is 9.26 Å². The van der Waals surface area contributed by atoms with Gasteiger partial charge in [-0.15, -0.1) is 0 Å². The summed E-state index contributed by atoms with van der Waals surface area (Å²) in [6, 6.07) is 3.14. The van der Waals surface area contributed by atoms with Crippen molar-refractivity contribution in [1.29, 1.82) is 0 Å². The van der Waals surface area contributed by atoms with Crippen LogP contribution in [0.15, 0.2) is 33.5 Å². The molecule has 22 heavy (non-hydrogen) atoms. The fourth-order valence-corrected chi connectivity index (χ4v) is 2.04. The van der Waals surface area contributed by atoms with Gasteiger partial charge >= 0.3 is 5.97 Å². The van der Waals surface area contributed by atoms with E-state index in [-0.39, 0.29) is 11.4 Å². The molecule has 0 bridgehead atoms. The third-order valence-electron chi connectivity index (χ3n) is 2.73. The second-order valence-corrected chi connectivity index (χ2v) is 5.42. The van der Waals surface area contributed by atoms with Crippen molar-refractivity contribution in [2.45, 2.75) is 26.4 Å². The lowest BCUT2D eigenvalue weighted by atomic mass is 10.2. The molecule has 0 aromatic carbocycles. The topological polar surface area (TPSA) is 94.3 Å². The third-order valence-corrected chi connectivity index (χ3v) is 3.17. The molecule has 8 heteroatoms. The zero-order chi connectivity index (χ0) is 16.1. The van der Waals surface area contributed by atoms with Gasteiger partial charge in [0.25, 0.3) is 5.91 Å². The van der Waals surface area contributed by atoms with E-state index in [0.29, 0.717) is 16.7 Å². The Morgan fingerprint density at radius 3 is 2.77 bits per heavy atom. The number of pyridine rings is 1. The predicted octanol–water partition coefficient (Wildman–Crippen LogP) is 2.71. The Morgan fingerprint density at radius 2 is 2.18 bits per heavy atom. The summed E-state index contributed by atoms with van der Waals surface area (Å²) in [5.41, 5.74) is 0.262. The lowest BCUT2D eigenvalue weighted by Gasteiger charge is -2.15. The number of amides is 1. The molecule has 0 saturated carbocycles. The molecule has 0 fully saturated rings. The Hall–Kier alpha value is -2.22. The Kier molecular flexibility index (Phi) is 5.26. The van der Waals surface area contributed by atoms with E-state index in [1.165, 1.54) is 6.20 Å². The van der Waals surface area contributed by atoms with Crippen LogP contribution >= 0.6 is 15.9 Å². The van der Waals surface area contributed by atoms with Crippen LogP contribution in [0.2, 0.25) is 0 Å². The Labute approximate surface area is 135 Å². The molecule has 2 heterocycles. The SMILES string of the molecule is CCC(OC(=O)c1cncc(Br)c1)C(=O)Nc1cc(C)on1. The van der Waals surface area contributed by atoms with Crippen molar-refractivity contribution >= 4 is 33.6 Å². The number of hydrogen-bond donors (Lipinski definition) is 1. The van der Waals surface area contributed by atoms with E-state index in [1.54, 1.807) is 32.2 Å². The van der Waals surface area contributed by atoms with Crippen LogP contribution in [0.1, 0.15) is 29.5 Å². The number of carbonyl (C=O) groups is 2. The van der Waals surface area contributed by atoms with Crippen molar-refractivity contribution in [3.05, 3.63) is 40.3 Å². The van der Waals surface area contributed by atoms with Gasteiger partial charge in [-0.2, -0.15) is 0 Å². The molecule has 0 radical (unpaired) electrons. The number of nitrogens with one attached hydrogen (secondary N) is 1. The van der Waals surface area contributed by atoms with Gasteiger partial charge < -0.3 is 14.6 Å². The number of nitrogens with zero attached hydrogens (tertiary/aromatic N) is 2. The molecule has 2 aromatic heterocycles. The number of hydrogen-bond acceptors (Lipinski definition) is 6. The van der Waals surface area contributed by atoms with Gasteiger partial charge in [-0.1, -0.05) is 12.1 Å². The van der Waals surface area contributed by atoms with Gasteiger partial charge in [0, 0.05) is 22.9 Å². The molecule has 1 amide bonds. The molecule has 1 N–H and O–H groups in total. The maximum Gasteiger partial charge on any atom is 0.340 e. The first-order valence-corrected chi connectivity index (χ1v) is 7.34. The zero-order valence-corrected chi connectivity index (χ0v) is 13.6. The molecule has 0 aliphatic heterocycles. The summed E-state index contributed by atoms with van der Waals surface area (Å²) >= 11 is 3.22. The number of carbonyl (C=O) groups excluding carboxylic acids is 2. The average Bonchev–Trinajstić information content (AvgIpc) is 2.89. The van der Waals surface area contributed by atoms with Crippen LogP contribution < -0.4 is 5.32 Å². The smallest absolute Gasteiger partial charge is 0.340 e. The number of halogens is 1. The first kappa shape index (κ1) is 16.2. The van der Waals surface area contributed by atoms with Crippen LogP contribution in [0.5, 0.6) is 0 Å². The predicted molar refractivity (Wildman–Crippen MR) is 81.3 cm³/mol. The number of esters is 1.